The molecule has 17 heavy (non-hydrogen) atoms. The van der Waals surface area contributed by atoms with Crippen LogP contribution in [0.2, 0.25) is 0 Å². The maximum absolute atomic E-state index is 13.7. The average Bonchev–Trinajstić information content (AvgIpc) is 2.28. The molecule has 94 valence electrons. The molecule has 0 heterocycles. The summed E-state index contributed by atoms with van der Waals surface area (Å²) >= 11 is 3.19. The first-order chi connectivity index (χ1) is 8.10. The fourth-order valence-electron chi connectivity index (χ4n) is 2.01. The van der Waals surface area contributed by atoms with Crippen LogP contribution < -0.4 is 0 Å². The van der Waals surface area contributed by atoms with Crippen LogP contribution in [0, 0.1) is 11.7 Å². The van der Waals surface area contributed by atoms with Gasteiger partial charge >= 0.3 is 0 Å². The van der Waals surface area contributed by atoms with Crippen molar-refractivity contribution in [2.45, 2.75) is 39.5 Å². The maximum Gasteiger partial charge on any atom is 0.168 e. The molecule has 0 radical (unpaired) electrons. The van der Waals surface area contributed by atoms with Crippen LogP contribution in [-0.2, 0) is 0 Å². The van der Waals surface area contributed by atoms with Crippen molar-refractivity contribution >= 4 is 21.7 Å². The topological polar surface area (TPSA) is 17.1 Å². The van der Waals surface area contributed by atoms with Crippen molar-refractivity contribution in [1.82, 2.24) is 0 Å². The van der Waals surface area contributed by atoms with Crippen LogP contribution >= 0.6 is 15.9 Å². The molecule has 0 aromatic heterocycles. The van der Waals surface area contributed by atoms with Crippen molar-refractivity contribution < 1.29 is 9.18 Å². The van der Waals surface area contributed by atoms with E-state index in [1.54, 1.807) is 12.1 Å². The van der Waals surface area contributed by atoms with Crippen molar-refractivity contribution in [2.24, 2.45) is 5.92 Å². The lowest BCUT2D eigenvalue weighted by atomic mass is 9.89. The van der Waals surface area contributed by atoms with Gasteiger partial charge in [0, 0.05) is 10.4 Å². The van der Waals surface area contributed by atoms with Gasteiger partial charge in [0.1, 0.15) is 5.82 Å². The number of hydrogen-bond acceptors (Lipinski definition) is 1. The van der Waals surface area contributed by atoms with Crippen molar-refractivity contribution in [3.8, 4) is 0 Å². The summed E-state index contributed by atoms with van der Waals surface area (Å²) in [5, 5.41) is 0. The Balaban J connectivity index is 2.92. The standard InChI is InChI=1S/C14H18BrFO/c1-3-5-10(6-4-2)14(17)12-8-7-11(15)9-13(12)16/h7-10H,3-6H2,1-2H3. The highest BCUT2D eigenvalue weighted by Gasteiger charge is 2.21. The number of benzene rings is 1. The lowest BCUT2D eigenvalue weighted by molar-refractivity contribution is 0.0900. The van der Waals surface area contributed by atoms with E-state index in [4.69, 9.17) is 0 Å². The molecule has 0 N–H and O–H groups in total. The van der Waals surface area contributed by atoms with E-state index in [1.807, 2.05) is 13.8 Å². The average molecular weight is 301 g/mol. The van der Waals surface area contributed by atoms with Crippen molar-refractivity contribution in [2.75, 3.05) is 0 Å². The van der Waals surface area contributed by atoms with Gasteiger partial charge in [0.15, 0.2) is 5.78 Å². The lowest BCUT2D eigenvalue weighted by Gasteiger charge is -2.14. The summed E-state index contributed by atoms with van der Waals surface area (Å²) in [5.41, 5.74) is 0.222. The molecule has 0 aliphatic rings. The molecule has 0 saturated heterocycles. The Kier molecular flexibility index (Phi) is 5.83. The van der Waals surface area contributed by atoms with Gasteiger partial charge in [-0.2, -0.15) is 0 Å². The van der Waals surface area contributed by atoms with Crippen LogP contribution in [0.5, 0.6) is 0 Å². The van der Waals surface area contributed by atoms with Crippen LogP contribution in [0.15, 0.2) is 22.7 Å². The van der Waals surface area contributed by atoms with Gasteiger partial charge in [-0.05, 0) is 31.0 Å². The summed E-state index contributed by atoms with van der Waals surface area (Å²) in [7, 11) is 0. The van der Waals surface area contributed by atoms with Gasteiger partial charge in [-0.3, -0.25) is 4.79 Å². The second-order valence-electron chi connectivity index (χ2n) is 4.26. The zero-order valence-electron chi connectivity index (χ0n) is 10.3. The molecule has 0 spiro atoms. The van der Waals surface area contributed by atoms with E-state index >= 15 is 0 Å². The van der Waals surface area contributed by atoms with Gasteiger partial charge in [0.05, 0.1) is 5.56 Å². The van der Waals surface area contributed by atoms with Crippen LogP contribution in [0.25, 0.3) is 0 Å². The second-order valence-corrected chi connectivity index (χ2v) is 5.18. The van der Waals surface area contributed by atoms with E-state index in [-0.39, 0.29) is 17.3 Å². The van der Waals surface area contributed by atoms with E-state index in [0.717, 1.165) is 25.7 Å². The number of halogens is 2. The van der Waals surface area contributed by atoms with E-state index in [1.165, 1.54) is 6.07 Å². The monoisotopic (exact) mass is 300 g/mol. The highest BCUT2D eigenvalue weighted by Crippen LogP contribution is 2.23. The van der Waals surface area contributed by atoms with Crippen LogP contribution in [-0.4, -0.2) is 5.78 Å². The number of carbonyl (C=O) groups excluding carboxylic acids is 1. The van der Waals surface area contributed by atoms with E-state index in [0.29, 0.717) is 4.47 Å². The largest absolute Gasteiger partial charge is 0.294 e. The molecule has 0 unspecified atom stereocenters. The summed E-state index contributed by atoms with van der Waals surface area (Å²) in [6, 6.07) is 4.63. The molecule has 1 rings (SSSR count). The van der Waals surface area contributed by atoms with Crippen molar-refractivity contribution in [3.05, 3.63) is 34.1 Å². The zero-order valence-corrected chi connectivity index (χ0v) is 11.9. The third kappa shape index (κ3) is 3.91. The molecule has 0 atom stereocenters. The maximum atomic E-state index is 13.7. The molecule has 1 nitrogen and oxygen atoms in total. The Labute approximate surface area is 111 Å². The SMILES string of the molecule is CCCC(CCC)C(=O)c1ccc(Br)cc1F. The molecule has 0 fully saturated rings. The third-order valence-electron chi connectivity index (χ3n) is 2.84. The Hall–Kier alpha value is -0.700. The number of ketones is 1. The molecule has 0 saturated carbocycles. The molecule has 0 aliphatic carbocycles. The summed E-state index contributed by atoms with van der Waals surface area (Å²) < 4.78 is 14.4. The molecule has 0 bridgehead atoms. The van der Waals surface area contributed by atoms with Gasteiger partial charge < -0.3 is 0 Å². The van der Waals surface area contributed by atoms with Crippen LogP contribution in [0.1, 0.15) is 49.9 Å². The first-order valence-electron chi connectivity index (χ1n) is 6.09. The quantitative estimate of drug-likeness (QED) is 0.677. The van der Waals surface area contributed by atoms with Crippen LogP contribution in [0.4, 0.5) is 4.39 Å². The minimum Gasteiger partial charge on any atom is -0.294 e. The Bertz CT molecular complexity index is 384. The third-order valence-corrected chi connectivity index (χ3v) is 3.33. The first kappa shape index (κ1) is 14.4. The zero-order chi connectivity index (χ0) is 12.8. The molecular weight excluding hydrogens is 283 g/mol. The Morgan fingerprint density at radius 2 is 1.88 bits per heavy atom. The smallest absolute Gasteiger partial charge is 0.168 e. The summed E-state index contributed by atoms with van der Waals surface area (Å²) in [6.45, 7) is 4.10. The van der Waals surface area contributed by atoms with Crippen molar-refractivity contribution in [1.29, 1.82) is 0 Å². The highest BCUT2D eigenvalue weighted by molar-refractivity contribution is 9.10. The molecule has 3 heteroatoms. The summed E-state index contributed by atoms with van der Waals surface area (Å²) in [4.78, 5) is 12.2. The Morgan fingerprint density at radius 3 is 2.35 bits per heavy atom. The van der Waals surface area contributed by atoms with Gasteiger partial charge in [-0.25, -0.2) is 4.39 Å². The van der Waals surface area contributed by atoms with E-state index in [9.17, 15) is 9.18 Å². The van der Waals surface area contributed by atoms with Gasteiger partial charge in [0.25, 0.3) is 0 Å². The fraction of sp³-hybridized carbons (Fsp3) is 0.500. The van der Waals surface area contributed by atoms with Gasteiger partial charge in [-0.1, -0.05) is 42.6 Å². The molecule has 0 amide bonds. The summed E-state index contributed by atoms with van der Waals surface area (Å²) in [6.07, 6.45) is 3.58. The van der Waals surface area contributed by atoms with Gasteiger partial charge in [-0.15, -0.1) is 0 Å². The number of hydrogen-bond donors (Lipinski definition) is 0. The number of rotatable bonds is 6. The molecule has 0 aliphatic heterocycles. The minimum absolute atomic E-state index is 0.0410. The molecular formula is C14H18BrFO. The molecule has 1 aromatic carbocycles. The van der Waals surface area contributed by atoms with E-state index in [2.05, 4.69) is 15.9 Å². The lowest BCUT2D eigenvalue weighted by Crippen LogP contribution is -2.16. The second kappa shape index (κ2) is 6.90. The predicted octanol–water partition coefficient (Wildman–Crippen LogP) is 4.99. The first-order valence-corrected chi connectivity index (χ1v) is 6.88. The Morgan fingerprint density at radius 1 is 1.29 bits per heavy atom. The highest BCUT2D eigenvalue weighted by atomic mass is 79.9. The predicted molar refractivity (Wildman–Crippen MR) is 71.7 cm³/mol. The molecule has 1 aromatic rings. The number of carbonyl (C=O) groups is 1. The summed E-state index contributed by atoms with van der Waals surface area (Å²) in [5.74, 6) is -0.527. The normalized spacial score (nSPS) is 10.9. The van der Waals surface area contributed by atoms with Gasteiger partial charge in [0.2, 0.25) is 0 Å². The number of Topliss-reactive ketones (excluding diaryl/α,β-unsaturated/α-hetero) is 1. The van der Waals surface area contributed by atoms with Crippen molar-refractivity contribution in [3.63, 3.8) is 0 Å². The van der Waals surface area contributed by atoms with E-state index < -0.39 is 5.82 Å². The minimum atomic E-state index is -0.429. The fourth-order valence-corrected chi connectivity index (χ4v) is 2.35. The van der Waals surface area contributed by atoms with Crippen LogP contribution in [0.3, 0.4) is 0 Å².